The first-order chi connectivity index (χ1) is 23.5. The molecule has 4 aromatic rings. The van der Waals surface area contributed by atoms with E-state index in [2.05, 4.69) is 152 Å². The third-order valence-corrected chi connectivity index (χ3v) is 37.6. The number of rotatable bonds is 6. The molecule has 0 radical (unpaired) electrons. The fourth-order valence-electron chi connectivity index (χ4n) is 10.8. The van der Waals surface area contributed by atoms with Crippen LogP contribution < -0.4 is 0 Å². The minimum absolute atomic E-state index is 0. The summed E-state index contributed by atoms with van der Waals surface area (Å²) >= 11 is -3.38. The SMILES string of the molecule is CCc1ccc(-c2cccc3c2C=C(C(C)(C)C)[CH]3[Hf]2([CH]3C(C(C)(C)C)=Cc4c(-c5ccc(CC)cc5)cccc43)[CH]3CCCC[CH]32)cc1.Cl.Cl. The van der Waals surface area contributed by atoms with Gasteiger partial charge in [-0.25, -0.2) is 0 Å². The molecule has 0 aromatic heterocycles. The smallest absolute Gasteiger partial charge is 0.147 e. The zero-order valence-corrected chi connectivity index (χ0v) is 37.3. The van der Waals surface area contributed by atoms with Gasteiger partial charge in [0.05, 0.1) is 0 Å². The molecule has 0 bridgehead atoms. The van der Waals surface area contributed by atoms with Crippen molar-refractivity contribution in [3.63, 3.8) is 0 Å². The molecule has 1 heterocycles. The van der Waals surface area contributed by atoms with Gasteiger partial charge >= 0.3 is 303 Å². The maximum absolute atomic E-state index is 3.38. The Morgan fingerprint density at radius 3 is 1.24 bits per heavy atom. The van der Waals surface area contributed by atoms with Crippen LogP contribution in [0.25, 0.3) is 34.4 Å². The summed E-state index contributed by atoms with van der Waals surface area (Å²) in [6.07, 6.45) is 13.4. The van der Waals surface area contributed by atoms with Crippen LogP contribution in [0.3, 0.4) is 0 Å². The molecule has 3 aliphatic carbocycles. The molecule has 0 spiro atoms. The summed E-state index contributed by atoms with van der Waals surface area (Å²) in [6, 6.07) is 33.7. The van der Waals surface area contributed by atoms with Gasteiger partial charge in [-0.2, -0.15) is 0 Å². The van der Waals surface area contributed by atoms with E-state index in [1.54, 1.807) is 22.3 Å². The third-order valence-electron chi connectivity index (χ3n) is 13.1. The molecule has 3 heteroatoms. The molecule has 1 saturated carbocycles. The van der Waals surface area contributed by atoms with E-state index < -0.39 is 20.0 Å². The maximum Gasteiger partial charge on any atom is -0.147 e. The number of hydrogen-bond acceptors (Lipinski definition) is 0. The molecule has 1 saturated heterocycles. The van der Waals surface area contributed by atoms with Crippen LogP contribution in [0, 0.1) is 10.8 Å². The van der Waals surface area contributed by atoms with Crippen LogP contribution in [-0.2, 0) is 32.8 Å². The Morgan fingerprint density at radius 1 is 0.529 bits per heavy atom. The normalized spacial score (nSPS) is 24.7. The van der Waals surface area contributed by atoms with Crippen molar-refractivity contribution in [2.75, 3.05) is 0 Å². The summed E-state index contributed by atoms with van der Waals surface area (Å²) in [5, 5.41) is 0. The Morgan fingerprint density at radius 2 is 0.902 bits per heavy atom. The summed E-state index contributed by atoms with van der Waals surface area (Å²) in [5.74, 6) is 0. The van der Waals surface area contributed by atoms with Crippen LogP contribution >= 0.6 is 24.8 Å². The van der Waals surface area contributed by atoms with Crippen molar-refractivity contribution >= 4 is 37.0 Å². The predicted octanol–water partition coefficient (Wildman–Crippen LogP) is 15.0. The van der Waals surface area contributed by atoms with Crippen LogP contribution in [0.2, 0.25) is 7.35 Å². The fourth-order valence-corrected chi connectivity index (χ4v) is 47.5. The van der Waals surface area contributed by atoms with Crippen molar-refractivity contribution in [2.24, 2.45) is 10.8 Å². The number of allylic oxidation sites excluding steroid dienone is 2. The molecule has 4 unspecified atom stereocenters. The molecule has 0 N–H and O–H groups in total. The van der Waals surface area contributed by atoms with Crippen molar-refractivity contribution < 1.29 is 20.0 Å². The van der Waals surface area contributed by atoms with Crippen LogP contribution in [0.15, 0.2) is 96.1 Å². The summed E-state index contributed by atoms with van der Waals surface area (Å²) < 4.78 is 3.23. The van der Waals surface area contributed by atoms with E-state index in [1.165, 1.54) is 70.2 Å². The Kier molecular flexibility index (Phi) is 10.7. The van der Waals surface area contributed by atoms with Gasteiger partial charge in [-0.1, -0.05) is 0 Å². The molecule has 268 valence electrons. The van der Waals surface area contributed by atoms with E-state index in [0.717, 1.165) is 20.2 Å². The van der Waals surface area contributed by atoms with Crippen molar-refractivity contribution in [2.45, 2.75) is 109 Å². The van der Waals surface area contributed by atoms with Crippen LogP contribution in [0.5, 0.6) is 0 Å². The zero-order chi connectivity index (χ0) is 34.3. The van der Waals surface area contributed by atoms with Gasteiger partial charge in [-0.3, -0.25) is 0 Å². The van der Waals surface area contributed by atoms with E-state index in [-0.39, 0.29) is 35.6 Å². The fraction of sp³-hybridized carbons (Fsp3) is 0.417. The van der Waals surface area contributed by atoms with Gasteiger partial charge in [0.15, 0.2) is 0 Å². The topological polar surface area (TPSA) is 0 Å². The monoisotopic (exact) mass is 884 g/mol. The van der Waals surface area contributed by atoms with Gasteiger partial charge in [0.25, 0.3) is 0 Å². The average molecular weight is 884 g/mol. The molecule has 51 heavy (non-hydrogen) atoms. The van der Waals surface area contributed by atoms with Crippen LogP contribution in [0.1, 0.15) is 122 Å². The summed E-state index contributed by atoms with van der Waals surface area (Å²) in [6.45, 7) is 19.6. The van der Waals surface area contributed by atoms with Gasteiger partial charge in [0, 0.05) is 0 Å². The third kappa shape index (κ3) is 6.24. The number of aryl methyl sites for hydroxylation is 2. The Hall–Kier alpha value is -2.19. The standard InChI is InChI=1S/2C21H23.C6H10.2ClH.Hf/c2*1-5-15-9-11-16(12-10-15)19-8-6-7-17-13-18(14-20(17)19)21(2,3)4;1-2-4-6-5-3-1;;;/h2*6-14H,5H2,1-4H3;1-2H,3-6H2;2*1H;. The van der Waals surface area contributed by atoms with Crippen LogP contribution in [0.4, 0.5) is 0 Å². The Bertz CT molecular complexity index is 1820. The number of halogens is 2. The van der Waals surface area contributed by atoms with Crippen molar-refractivity contribution in [1.82, 2.24) is 0 Å². The zero-order valence-electron chi connectivity index (χ0n) is 32.1. The summed E-state index contributed by atoms with van der Waals surface area (Å²) in [5.41, 5.74) is 18.7. The van der Waals surface area contributed by atoms with Gasteiger partial charge in [0.1, 0.15) is 0 Å². The van der Waals surface area contributed by atoms with Crippen molar-refractivity contribution in [3.8, 4) is 22.3 Å². The summed E-state index contributed by atoms with van der Waals surface area (Å²) in [4.78, 5) is 0. The van der Waals surface area contributed by atoms with E-state index in [0.29, 0.717) is 7.35 Å². The quantitative estimate of drug-likeness (QED) is 0.169. The number of hydrogen-bond donors (Lipinski definition) is 0. The molecular weight excluding hydrogens is 826 g/mol. The second-order valence-corrected chi connectivity index (χ2v) is 34.4. The first-order valence-electron chi connectivity index (χ1n) is 19.4. The molecule has 1 aliphatic heterocycles. The first kappa shape index (κ1) is 38.5. The molecule has 2 fully saturated rings. The molecule has 8 rings (SSSR count). The van der Waals surface area contributed by atoms with Gasteiger partial charge in [-0.15, -0.1) is 24.8 Å². The van der Waals surface area contributed by atoms with E-state index in [4.69, 9.17) is 0 Å². The maximum atomic E-state index is 2.72. The average Bonchev–Trinajstić information content (AvgIpc) is 3.36. The molecule has 4 aliphatic rings. The van der Waals surface area contributed by atoms with Gasteiger partial charge in [-0.05, 0) is 0 Å². The van der Waals surface area contributed by atoms with Crippen molar-refractivity contribution in [3.05, 3.63) is 129 Å². The molecular formula is C48H58Cl2Hf. The van der Waals surface area contributed by atoms with Gasteiger partial charge < -0.3 is 0 Å². The van der Waals surface area contributed by atoms with Crippen molar-refractivity contribution in [1.29, 1.82) is 0 Å². The molecule has 0 amide bonds. The largest absolute Gasteiger partial charge is 0.147 e. The second-order valence-electron chi connectivity index (χ2n) is 17.8. The molecule has 4 aromatic carbocycles. The minimum Gasteiger partial charge on any atom is -0.147 e. The minimum atomic E-state index is -3.38. The number of benzene rings is 4. The van der Waals surface area contributed by atoms with E-state index in [9.17, 15) is 0 Å². The molecule has 4 atom stereocenters. The van der Waals surface area contributed by atoms with E-state index >= 15 is 0 Å². The van der Waals surface area contributed by atoms with Gasteiger partial charge in [0.2, 0.25) is 0 Å². The predicted molar refractivity (Wildman–Crippen MR) is 223 cm³/mol. The van der Waals surface area contributed by atoms with E-state index in [1.807, 2.05) is 0 Å². The summed E-state index contributed by atoms with van der Waals surface area (Å²) in [7, 11) is 0. The molecule has 0 nitrogen and oxygen atoms in total. The number of fused-ring (bicyclic) bond motifs is 3. The first-order valence-corrected chi connectivity index (χ1v) is 27.7. The van der Waals surface area contributed by atoms with Crippen LogP contribution in [-0.4, -0.2) is 0 Å². The second kappa shape index (κ2) is 14.2. The Labute approximate surface area is 325 Å². The Balaban J connectivity index is 0.00000224.